The van der Waals surface area contributed by atoms with Gasteiger partial charge in [-0.1, -0.05) is 12.8 Å². The van der Waals surface area contributed by atoms with Crippen molar-refractivity contribution < 1.29 is 14.6 Å². The van der Waals surface area contributed by atoms with Crippen molar-refractivity contribution in [1.29, 1.82) is 0 Å². The van der Waals surface area contributed by atoms with Crippen LogP contribution in [0.1, 0.15) is 49.4 Å². The van der Waals surface area contributed by atoms with Crippen molar-refractivity contribution in [3.8, 4) is 5.75 Å². The van der Waals surface area contributed by atoms with Gasteiger partial charge >= 0.3 is 5.97 Å². The minimum atomic E-state index is -0.906. The lowest BCUT2D eigenvalue weighted by Gasteiger charge is -2.26. The van der Waals surface area contributed by atoms with E-state index in [1.54, 1.807) is 24.3 Å². The van der Waals surface area contributed by atoms with Gasteiger partial charge in [0.15, 0.2) is 0 Å². The van der Waals surface area contributed by atoms with Crippen molar-refractivity contribution in [1.82, 2.24) is 4.90 Å². The first-order chi connectivity index (χ1) is 10.2. The summed E-state index contributed by atoms with van der Waals surface area (Å²) in [4.78, 5) is 13.3. The van der Waals surface area contributed by atoms with Crippen LogP contribution in [0.5, 0.6) is 5.75 Å². The summed E-state index contributed by atoms with van der Waals surface area (Å²) in [6.07, 6.45) is 6.32. The molecule has 1 fully saturated rings. The number of aromatic carboxylic acids is 1. The highest BCUT2D eigenvalue weighted by Gasteiger charge is 2.15. The fraction of sp³-hybridized carbons (Fsp3) is 0.588. The molecule has 4 nitrogen and oxygen atoms in total. The van der Waals surface area contributed by atoms with E-state index in [0.717, 1.165) is 18.7 Å². The van der Waals surface area contributed by atoms with E-state index in [2.05, 4.69) is 11.8 Å². The van der Waals surface area contributed by atoms with Crippen LogP contribution in [0.3, 0.4) is 0 Å². The van der Waals surface area contributed by atoms with Gasteiger partial charge in [0.1, 0.15) is 5.75 Å². The van der Waals surface area contributed by atoms with E-state index >= 15 is 0 Å². The SMILES string of the molecule is CC1CCCCCN1CCCOc1ccc(C(=O)O)cc1. The maximum atomic E-state index is 10.8. The molecule has 0 spiro atoms. The van der Waals surface area contributed by atoms with Crippen LogP contribution in [0.15, 0.2) is 24.3 Å². The van der Waals surface area contributed by atoms with Crippen molar-refractivity contribution in [2.75, 3.05) is 19.7 Å². The quantitative estimate of drug-likeness (QED) is 0.816. The summed E-state index contributed by atoms with van der Waals surface area (Å²) in [5.41, 5.74) is 0.292. The van der Waals surface area contributed by atoms with Gasteiger partial charge in [0.2, 0.25) is 0 Å². The molecule has 0 radical (unpaired) electrons. The normalized spacial score (nSPS) is 20.0. The first-order valence-electron chi connectivity index (χ1n) is 7.87. The maximum absolute atomic E-state index is 10.8. The zero-order valence-corrected chi connectivity index (χ0v) is 12.8. The molecular formula is C17H25NO3. The van der Waals surface area contributed by atoms with Crippen LogP contribution in [0.2, 0.25) is 0 Å². The molecule has 2 rings (SSSR count). The zero-order valence-electron chi connectivity index (χ0n) is 12.8. The lowest BCUT2D eigenvalue weighted by Crippen LogP contribution is -2.34. The minimum Gasteiger partial charge on any atom is -0.494 e. The molecule has 1 aromatic rings. The average molecular weight is 291 g/mol. The largest absolute Gasteiger partial charge is 0.494 e. The number of nitrogens with zero attached hydrogens (tertiary/aromatic N) is 1. The van der Waals surface area contributed by atoms with E-state index in [1.165, 1.54) is 32.2 Å². The topological polar surface area (TPSA) is 49.8 Å². The van der Waals surface area contributed by atoms with Gasteiger partial charge in [-0.15, -0.1) is 0 Å². The standard InChI is InChI=1S/C17H25NO3/c1-14-6-3-2-4-11-18(14)12-5-13-21-16-9-7-15(8-10-16)17(19)20/h7-10,14H,2-6,11-13H2,1H3,(H,19,20). The number of benzene rings is 1. The number of likely N-dealkylation sites (tertiary alicyclic amines) is 1. The Labute approximate surface area is 126 Å². The van der Waals surface area contributed by atoms with E-state index in [0.29, 0.717) is 18.2 Å². The maximum Gasteiger partial charge on any atom is 0.335 e. The number of hydrogen-bond acceptors (Lipinski definition) is 3. The second-order valence-electron chi connectivity index (χ2n) is 5.77. The molecule has 1 N–H and O–H groups in total. The number of carboxylic acids is 1. The molecule has 1 heterocycles. The number of carbonyl (C=O) groups is 1. The molecule has 0 aliphatic carbocycles. The Morgan fingerprint density at radius 1 is 1.29 bits per heavy atom. The van der Waals surface area contributed by atoms with Gasteiger partial charge in [0.25, 0.3) is 0 Å². The van der Waals surface area contributed by atoms with Crippen molar-refractivity contribution >= 4 is 5.97 Å². The molecule has 0 saturated carbocycles. The van der Waals surface area contributed by atoms with Crippen LogP contribution >= 0.6 is 0 Å². The number of ether oxygens (including phenoxy) is 1. The summed E-state index contributed by atoms with van der Waals surface area (Å²) in [6.45, 7) is 5.27. The molecule has 1 atom stereocenters. The van der Waals surface area contributed by atoms with Gasteiger partial charge in [0.05, 0.1) is 12.2 Å². The lowest BCUT2D eigenvalue weighted by atomic mass is 10.1. The summed E-state index contributed by atoms with van der Waals surface area (Å²) in [7, 11) is 0. The molecule has 0 aromatic heterocycles. The van der Waals surface area contributed by atoms with Gasteiger partial charge in [0, 0.05) is 12.6 Å². The van der Waals surface area contributed by atoms with Crippen molar-refractivity contribution in [2.24, 2.45) is 0 Å². The predicted molar refractivity (Wildman–Crippen MR) is 83.0 cm³/mol. The number of rotatable bonds is 6. The summed E-state index contributed by atoms with van der Waals surface area (Å²) < 4.78 is 5.68. The Balaban J connectivity index is 1.70. The Hall–Kier alpha value is -1.55. The third-order valence-corrected chi connectivity index (χ3v) is 4.15. The van der Waals surface area contributed by atoms with Crippen LogP contribution in [-0.2, 0) is 0 Å². The minimum absolute atomic E-state index is 0.292. The zero-order chi connectivity index (χ0) is 15.1. The van der Waals surface area contributed by atoms with Crippen LogP contribution < -0.4 is 4.74 Å². The first-order valence-corrected chi connectivity index (χ1v) is 7.87. The fourth-order valence-corrected chi connectivity index (χ4v) is 2.82. The van der Waals surface area contributed by atoms with E-state index in [-0.39, 0.29) is 0 Å². The van der Waals surface area contributed by atoms with Crippen LogP contribution in [0.25, 0.3) is 0 Å². The molecule has 116 valence electrons. The molecule has 1 saturated heterocycles. The third kappa shape index (κ3) is 5.05. The molecule has 1 aliphatic heterocycles. The van der Waals surface area contributed by atoms with Gasteiger partial charge in [-0.25, -0.2) is 4.79 Å². The highest BCUT2D eigenvalue weighted by molar-refractivity contribution is 5.87. The van der Waals surface area contributed by atoms with E-state index in [1.807, 2.05) is 0 Å². The van der Waals surface area contributed by atoms with E-state index < -0.39 is 5.97 Å². The molecule has 1 aromatic carbocycles. The Kier molecular flexibility index (Phi) is 6.05. The monoisotopic (exact) mass is 291 g/mol. The van der Waals surface area contributed by atoms with Crippen molar-refractivity contribution in [3.63, 3.8) is 0 Å². The Morgan fingerprint density at radius 3 is 2.76 bits per heavy atom. The highest BCUT2D eigenvalue weighted by Crippen LogP contribution is 2.17. The van der Waals surface area contributed by atoms with Gasteiger partial charge in [-0.2, -0.15) is 0 Å². The number of carboxylic acid groups (broad SMARTS) is 1. The van der Waals surface area contributed by atoms with Gasteiger partial charge < -0.3 is 14.7 Å². The van der Waals surface area contributed by atoms with Crippen molar-refractivity contribution in [2.45, 2.75) is 45.1 Å². The molecule has 21 heavy (non-hydrogen) atoms. The summed E-state index contributed by atoms with van der Waals surface area (Å²) in [5.74, 6) is -0.166. The van der Waals surface area contributed by atoms with Crippen LogP contribution in [-0.4, -0.2) is 41.7 Å². The predicted octanol–water partition coefficient (Wildman–Crippen LogP) is 3.42. The average Bonchev–Trinajstić information content (AvgIpc) is 2.69. The van der Waals surface area contributed by atoms with Crippen molar-refractivity contribution in [3.05, 3.63) is 29.8 Å². The summed E-state index contributed by atoms with van der Waals surface area (Å²) in [5, 5.41) is 8.84. The van der Waals surface area contributed by atoms with Gasteiger partial charge in [-0.05, 0) is 57.0 Å². The number of hydrogen-bond donors (Lipinski definition) is 1. The van der Waals surface area contributed by atoms with E-state index in [4.69, 9.17) is 9.84 Å². The highest BCUT2D eigenvalue weighted by atomic mass is 16.5. The van der Waals surface area contributed by atoms with E-state index in [9.17, 15) is 4.79 Å². The first kappa shape index (κ1) is 15.8. The summed E-state index contributed by atoms with van der Waals surface area (Å²) in [6, 6.07) is 7.28. The molecule has 1 unspecified atom stereocenters. The molecule has 0 bridgehead atoms. The fourth-order valence-electron chi connectivity index (χ4n) is 2.82. The molecule has 4 heteroatoms. The summed E-state index contributed by atoms with van der Waals surface area (Å²) >= 11 is 0. The van der Waals surface area contributed by atoms with Crippen LogP contribution in [0.4, 0.5) is 0 Å². The molecule has 0 amide bonds. The van der Waals surface area contributed by atoms with Crippen LogP contribution in [0, 0.1) is 0 Å². The second-order valence-corrected chi connectivity index (χ2v) is 5.77. The van der Waals surface area contributed by atoms with Gasteiger partial charge in [-0.3, -0.25) is 0 Å². The molecule has 1 aliphatic rings. The second kappa shape index (κ2) is 8.03. The smallest absolute Gasteiger partial charge is 0.335 e. The third-order valence-electron chi connectivity index (χ3n) is 4.15. The lowest BCUT2D eigenvalue weighted by molar-refractivity contribution is 0.0697. The molecular weight excluding hydrogens is 266 g/mol. The Morgan fingerprint density at radius 2 is 2.05 bits per heavy atom. The Bertz CT molecular complexity index is 444.